The minimum Gasteiger partial charge on any atom is -0.395 e. The second kappa shape index (κ2) is 4.40. The van der Waals surface area contributed by atoms with E-state index in [9.17, 15) is 0 Å². The molecule has 0 aliphatic carbocycles. The minimum absolute atomic E-state index is 0.327. The summed E-state index contributed by atoms with van der Waals surface area (Å²) in [4.78, 5) is 2.43. The molecule has 1 N–H and O–H groups in total. The lowest BCUT2D eigenvalue weighted by Crippen LogP contribution is -2.36. The highest BCUT2D eigenvalue weighted by molar-refractivity contribution is 4.81. The molecule has 76 valence electrons. The number of aliphatic hydroxyl groups is 1. The SMILES string of the molecule is OC[C@H]1CCCN1CC1CCOC1. The third-order valence-electron chi connectivity index (χ3n) is 3.23. The zero-order valence-corrected chi connectivity index (χ0v) is 8.11. The van der Waals surface area contributed by atoms with Crippen molar-refractivity contribution < 1.29 is 9.84 Å². The lowest BCUT2D eigenvalue weighted by molar-refractivity contribution is 0.130. The van der Waals surface area contributed by atoms with E-state index in [0.717, 1.165) is 19.8 Å². The van der Waals surface area contributed by atoms with E-state index in [-0.39, 0.29) is 0 Å². The lowest BCUT2D eigenvalue weighted by Gasteiger charge is -2.25. The largest absolute Gasteiger partial charge is 0.395 e. The van der Waals surface area contributed by atoms with E-state index in [4.69, 9.17) is 9.84 Å². The first kappa shape index (κ1) is 9.44. The van der Waals surface area contributed by atoms with Crippen LogP contribution in [0.1, 0.15) is 19.3 Å². The Hall–Kier alpha value is -0.120. The Morgan fingerprint density at radius 2 is 2.31 bits per heavy atom. The molecule has 0 spiro atoms. The molecule has 2 fully saturated rings. The molecule has 13 heavy (non-hydrogen) atoms. The van der Waals surface area contributed by atoms with Gasteiger partial charge in [-0.25, -0.2) is 0 Å². The van der Waals surface area contributed by atoms with Crippen LogP contribution in [-0.2, 0) is 4.74 Å². The molecule has 0 aromatic heterocycles. The lowest BCUT2D eigenvalue weighted by atomic mass is 10.1. The first-order valence-electron chi connectivity index (χ1n) is 5.33. The molecule has 2 aliphatic rings. The number of nitrogens with zero attached hydrogens (tertiary/aromatic N) is 1. The van der Waals surface area contributed by atoms with Crippen molar-refractivity contribution in [1.29, 1.82) is 0 Å². The van der Waals surface area contributed by atoms with Crippen molar-refractivity contribution in [2.75, 3.05) is 32.9 Å². The third-order valence-corrected chi connectivity index (χ3v) is 3.23. The van der Waals surface area contributed by atoms with Gasteiger partial charge in [-0.15, -0.1) is 0 Å². The molecule has 0 bridgehead atoms. The van der Waals surface area contributed by atoms with Gasteiger partial charge in [-0.2, -0.15) is 0 Å². The molecule has 0 aromatic rings. The van der Waals surface area contributed by atoms with E-state index in [1.165, 1.54) is 25.8 Å². The van der Waals surface area contributed by atoms with Gasteiger partial charge in [0.1, 0.15) is 0 Å². The Balaban J connectivity index is 1.79. The quantitative estimate of drug-likeness (QED) is 0.694. The standard InChI is InChI=1S/C10H19NO2/c12-7-10-2-1-4-11(10)6-9-3-5-13-8-9/h9-10,12H,1-8H2/t9?,10-/m1/s1. The van der Waals surface area contributed by atoms with Gasteiger partial charge in [0.15, 0.2) is 0 Å². The van der Waals surface area contributed by atoms with Gasteiger partial charge in [0.2, 0.25) is 0 Å². The van der Waals surface area contributed by atoms with Crippen LogP contribution in [0, 0.1) is 5.92 Å². The van der Waals surface area contributed by atoms with Crippen molar-refractivity contribution in [1.82, 2.24) is 4.90 Å². The second-order valence-electron chi connectivity index (χ2n) is 4.20. The number of hydrogen-bond donors (Lipinski definition) is 1. The minimum atomic E-state index is 0.327. The topological polar surface area (TPSA) is 32.7 Å². The number of likely N-dealkylation sites (tertiary alicyclic amines) is 1. The van der Waals surface area contributed by atoms with Crippen LogP contribution in [0.5, 0.6) is 0 Å². The van der Waals surface area contributed by atoms with Gasteiger partial charge in [0.05, 0.1) is 13.2 Å². The Bertz CT molecular complexity index is 157. The van der Waals surface area contributed by atoms with Crippen molar-refractivity contribution in [3.05, 3.63) is 0 Å². The van der Waals surface area contributed by atoms with E-state index in [0.29, 0.717) is 18.6 Å². The highest BCUT2D eigenvalue weighted by Gasteiger charge is 2.27. The van der Waals surface area contributed by atoms with Crippen molar-refractivity contribution in [3.8, 4) is 0 Å². The van der Waals surface area contributed by atoms with Gasteiger partial charge in [0, 0.05) is 19.2 Å². The first-order chi connectivity index (χ1) is 6.40. The average Bonchev–Trinajstić information content (AvgIpc) is 2.76. The van der Waals surface area contributed by atoms with Gasteiger partial charge < -0.3 is 9.84 Å². The normalized spacial score (nSPS) is 35.8. The molecule has 0 amide bonds. The Morgan fingerprint density at radius 1 is 1.38 bits per heavy atom. The predicted molar refractivity (Wildman–Crippen MR) is 50.6 cm³/mol. The molecular formula is C10H19NO2. The monoisotopic (exact) mass is 185 g/mol. The smallest absolute Gasteiger partial charge is 0.0586 e. The van der Waals surface area contributed by atoms with E-state index in [1.54, 1.807) is 0 Å². The van der Waals surface area contributed by atoms with Gasteiger partial charge >= 0.3 is 0 Å². The summed E-state index contributed by atoms with van der Waals surface area (Å²) in [6.07, 6.45) is 3.62. The second-order valence-corrected chi connectivity index (χ2v) is 4.20. The molecule has 3 nitrogen and oxygen atoms in total. The van der Waals surface area contributed by atoms with E-state index >= 15 is 0 Å². The van der Waals surface area contributed by atoms with Crippen LogP contribution in [0.2, 0.25) is 0 Å². The van der Waals surface area contributed by atoms with Crippen LogP contribution in [0.25, 0.3) is 0 Å². The average molecular weight is 185 g/mol. The van der Waals surface area contributed by atoms with Gasteiger partial charge in [0.25, 0.3) is 0 Å². The molecule has 0 saturated carbocycles. The number of hydrogen-bond acceptors (Lipinski definition) is 3. The summed E-state index contributed by atoms with van der Waals surface area (Å²) in [5.41, 5.74) is 0. The van der Waals surface area contributed by atoms with Crippen molar-refractivity contribution in [2.45, 2.75) is 25.3 Å². The zero-order chi connectivity index (χ0) is 9.10. The van der Waals surface area contributed by atoms with Crippen LogP contribution >= 0.6 is 0 Å². The van der Waals surface area contributed by atoms with Gasteiger partial charge in [-0.05, 0) is 31.7 Å². The fourth-order valence-corrected chi connectivity index (χ4v) is 2.40. The summed E-state index contributed by atoms with van der Waals surface area (Å²) in [5, 5.41) is 9.14. The fraction of sp³-hybridized carbons (Fsp3) is 1.00. The van der Waals surface area contributed by atoms with Crippen molar-refractivity contribution in [3.63, 3.8) is 0 Å². The summed E-state index contributed by atoms with van der Waals surface area (Å²) in [5.74, 6) is 0.715. The summed E-state index contributed by atoms with van der Waals surface area (Å²) in [7, 11) is 0. The molecule has 3 heteroatoms. The zero-order valence-electron chi connectivity index (χ0n) is 8.11. The van der Waals surface area contributed by atoms with Crippen molar-refractivity contribution >= 4 is 0 Å². The highest BCUT2D eigenvalue weighted by Crippen LogP contribution is 2.21. The van der Waals surface area contributed by atoms with Gasteiger partial charge in [-0.1, -0.05) is 0 Å². The molecular weight excluding hydrogens is 166 g/mol. The number of ether oxygens (including phenoxy) is 1. The van der Waals surface area contributed by atoms with Crippen molar-refractivity contribution in [2.24, 2.45) is 5.92 Å². The molecule has 0 radical (unpaired) electrons. The van der Waals surface area contributed by atoms with E-state index < -0.39 is 0 Å². The predicted octanol–water partition coefficient (Wildman–Crippen LogP) is 0.480. The molecule has 2 rings (SSSR count). The maximum atomic E-state index is 9.14. The Labute approximate surface area is 79.7 Å². The molecule has 0 aromatic carbocycles. The van der Waals surface area contributed by atoms with Gasteiger partial charge in [-0.3, -0.25) is 4.90 Å². The summed E-state index contributed by atoms with van der Waals surface area (Å²) in [6, 6.07) is 0.431. The van der Waals surface area contributed by atoms with Crippen LogP contribution < -0.4 is 0 Å². The summed E-state index contributed by atoms with van der Waals surface area (Å²) < 4.78 is 5.35. The summed E-state index contributed by atoms with van der Waals surface area (Å²) >= 11 is 0. The van der Waals surface area contributed by atoms with Crippen LogP contribution in [0.3, 0.4) is 0 Å². The highest BCUT2D eigenvalue weighted by atomic mass is 16.5. The number of aliphatic hydroxyl groups excluding tert-OH is 1. The number of rotatable bonds is 3. The molecule has 2 heterocycles. The van der Waals surface area contributed by atoms with E-state index in [1.807, 2.05) is 0 Å². The molecule has 1 unspecified atom stereocenters. The third kappa shape index (κ3) is 2.22. The molecule has 2 saturated heterocycles. The van der Waals surface area contributed by atoms with E-state index in [2.05, 4.69) is 4.90 Å². The first-order valence-corrected chi connectivity index (χ1v) is 5.33. The van der Waals surface area contributed by atoms with Crippen LogP contribution in [0.4, 0.5) is 0 Å². The Kier molecular flexibility index (Phi) is 3.19. The fourth-order valence-electron chi connectivity index (χ4n) is 2.40. The Morgan fingerprint density at radius 3 is 3.00 bits per heavy atom. The van der Waals surface area contributed by atoms with Crippen LogP contribution in [-0.4, -0.2) is 49.0 Å². The molecule has 2 aliphatic heterocycles. The maximum Gasteiger partial charge on any atom is 0.0586 e. The molecule has 2 atom stereocenters. The van der Waals surface area contributed by atoms with Crippen LogP contribution in [0.15, 0.2) is 0 Å². The maximum absolute atomic E-state index is 9.14. The summed E-state index contributed by atoms with van der Waals surface area (Å²) in [6.45, 7) is 4.48.